The van der Waals surface area contributed by atoms with Gasteiger partial charge in [0.1, 0.15) is 11.6 Å². The molecule has 1 saturated carbocycles. The van der Waals surface area contributed by atoms with Gasteiger partial charge in [-0.05, 0) is 43.5 Å². The Bertz CT molecular complexity index is 470. The molecule has 18 heavy (non-hydrogen) atoms. The van der Waals surface area contributed by atoms with E-state index < -0.39 is 0 Å². The second-order valence-corrected chi connectivity index (χ2v) is 5.40. The molecule has 1 fully saturated rings. The molecule has 1 aromatic carbocycles. The zero-order chi connectivity index (χ0) is 13.2. The minimum absolute atomic E-state index is 0.0440. The molecule has 0 bridgehead atoms. The highest BCUT2D eigenvalue weighted by Crippen LogP contribution is 2.49. The van der Waals surface area contributed by atoms with Crippen LogP contribution in [-0.4, -0.2) is 17.6 Å². The minimum atomic E-state index is 0.0440. The predicted molar refractivity (Wildman–Crippen MR) is 71.4 cm³/mol. The van der Waals surface area contributed by atoms with Gasteiger partial charge in [0.2, 0.25) is 0 Å². The summed E-state index contributed by atoms with van der Waals surface area (Å²) in [6, 6.07) is 5.56. The Morgan fingerprint density at radius 1 is 1.56 bits per heavy atom. The molecule has 3 N–H and O–H groups in total. The van der Waals surface area contributed by atoms with Crippen LogP contribution in [0.4, 0.5) is 0 Å². The molecule has 0 amide bonds. The number of rotatable bonds is 5. The summed E-state index contributed by atoms with van der Waals surface area (Å²) >= 11 is 5.89. The van der Waals surface area contributed by atoms with Crippen LogP contribution in [0.1, 0.15) is 24.8 Å². The van der Waals surface area contributed by atoms with Crippen molar-refractivity contribution in [1.82, 2.24) is 0 Å². The summed E-state index contributed by atoms with van der Waals surface area (Å²) in [5.41, 5.74) is 6.60. The van der Waals surface area contributed by atoms with E-state index >= 15 is 0 Å². The number of nitrogens with two attached hydrogens (primary N) is 1. The SMILES string of the molecule is Cc1cc(Cl)ccc1OCC1(CC(N)=NO)CC1. The second-order valence-electron chi connectivity index (χ2n) is 4.97. The molecule has 2 rings (SSSR count). The first kappa shape index (κ1) is 13.0. The zero-order valence-electron chi connectivity index (χ0n) is 10.3. The fourth-order valence-electron chi connectivity index (χ4n) is 1.97. The lowest BCUT2D eigenvalue weighted by molar-refractivity contribution is 0.235. The Balaban J connectivity index is 1.95. The number of benzene rings is 1. The van der Waals surface area contributed by atoms with Crippen LogP contribution in [0.3, 0.4) is 0 Å². The molecule has 98 valence electrons. The average molecular weight is 269 g/mol. The number of hydrogen-bond acceptors (Lipinski definition) is 3. The van der Waals surface area contributed by atoms with Crippen molar-refractivity contribution in [3.8, 4) is 5.75 Å². The molecule has 1 aliphatic carbocycles. The molecule has 0 aliphatic heterocycles. The maximum atomic E-state index is 8.59. The van der Waals surface area contributed by atoms with Gasteiger partial charge in [0.05, 0.1) is 6.61 Å². The van der Waals surface area contributed by atoms with Crippen molar-refractivity contribution in [2.24, 2.45) is 16.3 Å². The van der Waals surface area contributed by atoms with Crippen molar-refractivity contribution < 1.29 is 9.94 Å². The molecule has 5 heteroatoms. The van der Waals surface area contributed by atoms with Gasteiger partial charge in [-0.2, -0.15) is 0 Å². The Morgan fingerprint density at radius 2 is 2.28 bits per heavy atom. The van der Waals surface area contributed by atoms with E-state index in [9.17, 15) is 0 Å². The lowest BCUT2D eigenvalue weighted by Gasteiger charge is -2.16. The van der Waals surface area contributed by atoms with Crippen molar-refractivity contribution in [3.05, 3.63) is 28.8 Å². The van der Waals surface area contributed by atoms with Gasteiger partial charge in [0, 0.05) is 16.9 Å². The molecule has 0 spiro atoms. The minimum Gasteiger partial charge on any atom is -0.493 e. The van der Waals surface area contributed by atoms with Crippen LogP contribution in [0.2, 0.25) is 5.02 Å². The number of oxime groups is 1. The van der Waals surface area contributed by atoms with E-state index in [0.29, 0.717) is 18.1 Å². The topological polar surface area (TPSA) is 67.8 Å². The molecular formula is C13H17ClN2O2. The van der Waals surface area contributed by atoms with Gasteiger partial charge in [-0.25, -0.2) is 0 Å². The van der Waals surface area contributed by atoms with Crippen molar-refractivity contribution in [3.63, 3.8) is 0 Å². The third kappa shape index (κ3) is 3.07. The maximum Gasteiger partial charge on any atom is 0.139 e. The first-order chi connectivity index (χ1) is 8.54. The van der Waals surface area contributed by atoms with Crippen molar-refractivity contribution in [2.45, 2.75) is 26.2 Å². The number of nitrogens with zero attached hydrogens (tertiary/aromatic N) is 1. The van der Waals surface area contributed by atoms with E-state index in [1.54, 1.807) is 0 Å². The summed E-state index contributed by atoms with van der Waals surface area (Å²) in [7, 11) is 0. The Morgan fingerprint density at radius 3 is 2.83 bits per heavy atom. The van der Waals surface area contributed by atoms with Gasteiger partial charge < -0.3 is 15.7 Å². The predicted octanol–water partition coefficient (Wildman–Crippen LogP) is 2.94. The second kappa shape index (κ2) is 5.06. The van der Waals surface area contributed by atoms with E-state index in [1.165, 1.54) is 0 Å². The van der Waals surface area contributed by atoms with E-state index in [-0.39, 0.29) is 11.3 Å². The molecule has 4 nitrogen and oxygen atoms in total. The van der Waals surface area contributed by atoms with Crippen LogP contribution in [-0.2, 0) is 0 Å². The summed E-state index contributed by atoms with van der Waals surface area (Å²) in [6.45, 7) is 2.55. The van der Waals surface area contributed by atoms with E-state index in [1.807, 2.05) is 25.1 Å². The molecule has 1 aliphatic rings. The Kier molecular flexibility index (Phi) is 3.66. The first-order valence-corrected chi connectivity index (χ1v) is 6.28. The normalized spacial score (nSPS) is 17.6. The third-order valence-electron chi connectivity index (χ3n) is 3.31. The van der Waals surface area contributed by atoms with Gasteiger partial charge in [-0.15, -0.1) is 0 Å². The van der Waals surface area contributed by atoms with Crippen molar-refractivity contribution in [1.29, 1.82) is 0 Å². The van der Waals surface area contributed by atoms with Gasteiger partial charge >= 0.3 is 0 Å². The molecular weight excluding hydrogens is 252 g/mol. The molecule has 0 radical (unpaired) electrons. The monoisotopic (exact) mass is 268 g/mol. The van der Waals surface area contributed by atoms with Crippen LogP contribution in [0, 0.1) is 12.3 Å². The number of amidine groups is 1. The summed E-state index contributed by atoms with van der Waals surface area (Å²) in [4.78, 5) is 0. The number of hydrogen-bond donors (Lipinski definition) is 2. The van der Waals surface area contributed by atoms with Crippen molar-refractivity contribution >= 4 is 17.4 Å². The molecule has 1 aromatic rings. The zero-order valence-corrected chi connectivity index (χ0v) is 11.1. The lowest BCUT2D eigenvalue weighted by atomic mass is 10.0. The van der Waals surface area contributed by atoms with Gasteiger partial charge in [-0.1, -0.05) is 16.8 Å². The maximum absolute atomic E-state index is 8.59. The third-order valence-corrected chi connectivity index (χ3v) is 3.55. The summed E-state index contributed by atoms with van der Waals surface area (Å²) in [6.07, 6.45) is 2.68. The summed E-state index contributed by atoms with van der Waals surface area (Å²) in [5.74, 6) is 1.11. The van der Waals surface area contributed by atoms with Gasteiger partial charge in [0.15, 0.2) is 0 Å². The summed E-state index contributed by atoms with van der Waals surface area (Å²) < 4.78 is 5.81. The van der Waals surface area contributed by atoms with Crippen molar-refractivity contribution in [2.75, 3.05) is 6.61 Å². The summed E-state index contributed by atoms with van der Waals surface area (Å²) in [5, 5.41) is 12.3. The molecule has 0 atom stereocenters. The van der Waals surface area contributed by atoms with Gasteiger partial charge in [-0.3, -0.25) is 0 Å². The van der Waals surface area contributed by atoms with Crippen LogP contribution in [0.25, 0.3) is 0 Å². The molecule has 0 heterocycles. The number of aryl methyl sites for hydroxylation is 1. The van der Waals surface area contributed by atoms with Crippen LogP contribution in [0.15, 0.2) is 23.4 Å². The standard InChI is InChI=1S/C13H17ClN2O2/c1-9-6-10(14)2-3-11(9)18-8-13(4-5-13)7-12(15)16-17/h2-3,6,17H,4-5,7-8H2,1H3,(H2,15,16). The van der Waals surface area contributed by atoms with E-state index in [0.717, 1.165) is 24.2 Å². The first-order valence-electron chi connectivity index (χ1n) is 5.90. The number of halogens is 1. The van der Waals surface area contributed by atoms with Gasteiger partial charge in [0.25, 0.3) is 0 Å². The quantitative estimate of drug-likeness (QED) is 0.373. The molecule has 0 aromatic heterocycles. The van der Waals surface area contributed by atoms with Crippen LogP contribution < -0.4 is 10.5 Å². The highest BCUT2D eigenvalue weighted by molar-refractivity contribution is 6.30. The highest BCUT2D eigenvalue weighted by atomic mass is 35.5. The highest BCUT2D eigenvalue weighted by Gasteiger charge is 2.44. The van der Waals surface area contributed by atoms with Crippen LogP contribution in [0.5, 0.6) is 5.75 Å². The molecule has 0 saturated heterocycles. The lowest BCUT2D eigenvalue weighted by Crippen LogP contribution is -2.22. The fraction of sp³-hybridized carbons (Fsp3) is 0.462. The Hall–Kier alpha value is -1.42. The molecule has 0 unspecified atom stereocenters. The van der Waals surface area contributed by atoms with Crippen LogP contribution >= 0.6 is 11.6 Å². The van der Waals surface area contributed by atoms with E-state index in [4.69, 9.17) is 27.3 Å². The number of ether oxygens (including phenoxy) is 1. The smallest absolute Gasteiger partial charge is 0.139 e. The largest absolute Gasteiger partial charge is 0.493 e. The fourth-order valence-corrected chi connectivity index (χ4v) is 2.20. The Labute approximate surface area is 111 Å². The van der Waals surface area contributed by atoms with E-state index in [2.05, 4.69) is 5.16 Å². The average Bonchev–Trinajstić information content (AvgIpc) is 3.08.